The van der Waals surface area contributed by atoms with E-state index in [4.69, 9.17) is 4.98 Å². The maximum atomic E-state index is 5.07. The maximum Gasteiger partial charge on any atom is 0.0783 e. The van der Waals surface area contributed by atoms with Crippen LogP contribution in [0.5, 0.6) is 0 Å². The number of rotatable bonds is 0. The average molecular weight is 245 g/mol. The predicted octanol–water partition coefficient (Wildman–Crippen LogP) is 4.75. The summed E-state index contributed by atoms with van der Waals surface area (Å²) in [7, 11) is 0. The van der Waals surface area contributed by atoms with Crippen molar-refractivity contribution in [3.05, 3.63) is 53.7 Å². The van der Waals surface area contributed by atoms with Crippen molar-refractivity contribution in [1.82, 2.24) is 4.98 Å². The zero-order chi connectivity index (χ0) is 12.4. The van der Waals surface area contributed by atoms with E-state index >= 15 is 0 Å². The van der Waals surface area contributed by atoms with Gasteiger partial charge < -0.3 is 0 Å². The Balaban J connectivity index is 1.92. The van der Waals surface area contributed by atoms with Gasteiger partial charge in [-0.2, -0.15) is 0 Å². The molecule has 0 radical (unpaired) electrons. The van der Waals surface area contributed by atoms with Crippen molar-refractivity contribution < 1.29 is 0 Å². The molecule has 0 aliphatic heterocycles. The van der Waals surface area contributed by atoms with E-state index in [-0.39, 0.29) is 0 Å². The van der Waals surface area contributed by atoms with Gasteiger partial charge in [0.25, 0.3) is 0 Å². The van der Waals surface area contributed by atoms with Gasteiger partial charge in [-0.1, -0.05) is 36.4 Å². The molecular weight excluding hydrogens is 230 g/mol. The largest absolute Gasteiger partial charge is 0.252 e. The molecule has 1 heterocycles. The zero-order valence-corrected chi connectivity index (χ0v) is 10.8. The van der Waals surface area contributed by atoms with Crippen LogP contribution in [0.2, 0.25) is 0 Å². The van der Waals surface area contributed by atoms with Gasteiger partial charge in [-0.05, 0) is 42.2 Å². The second-order valence-electron chi connectivity index (χ2n) is 6.03. The van der Waals surface area contributed by atoms with Crippen molar-refractivity contribution in [3.63, 3.8) is 0 Å². The van der Waals surface area contributed by atoms with E-state index in [9.17, 15) is 0 Å². The normalized spacial score (nSPS) is 24.2. The molecule has 0 saturated heterocycles. The quantitative estimate of drug-likeness (QED) is 0.521. The van der Waals surface area contributed by atoms with Crippen molar-refractivity contribution in [2.24, 2.45) is 0 Å². The second kappa shape index (κ2) is 3.36. The highest BCUT2D eigenvalue weighted by molar-refractivity contribution is 6.05. The third kappa shape index (κ3) is 1.23. The van der Waals surface area contributed by atoms with Gasteiger partial charge >= 0.3 is 0 Å². The Kier molecular flexibility index (Phi) is 1.76. The minimum Gasteiger partial charge on any atom is -0.252 e. The molecule has 19 heavy (non-hydrogen) atoms. The summed E-state index contributed by atoms with van der Waals surface area (Å²) in [5, 5.41) is 3.90. The summed E-state index contributed by atoms with van der Waals surface area (Å²) in [4.78, 5) is 5.07. The monoisotopic (exact) mass is 245 g/mol. The van der Waals surface area contributed by atoms with Gasteiger partial charge in [-0.15, -0.1) is 0 Å². The number of aromatic nitrogens is 1. The minimum atomic E-state index is 0.739. The van der Waals surface area contributed by atoms with Crippen molar-refractivity contribution in [3.8, 4) is 0 Å². The first-order valence-corrected chi connectivity index (χ1v) is 7.22. The van der Waals surface area contributed by atoms with Crippen LogP contribution in [-0.4, -0.2) is 4.98 Å². The van der Waals surface area contributed by atoms with E-state index in [1.165, 1.54) is 46.6 Å². The molecular formula is C18H15N. The van der Waals surface area contributed by atoms with Gasteiger partial charge in [0.1, 0.15) is 0 Å². The number of benzene rings is 2. The molecule has 0 amide bonds. The third-order valence-corrected chi connectivity index (χ3v) is 5.03. The van der Waals surface area contributed by atoms with E-state index in [2.05, 4.69) is 42.5 Å². The van der Waals surface area contributed by atoms with Crippen LogP contribution in [0.4, 0.5) is 0 Å². The van der Waals surface area contributed by atoms with Crippen LogP contribution in [0.15, 0.2) is 42.5 Å². The van der Waals surface area contributed by atoms with Crippen molar-refractivity contribution in [2.45, 2.75) is 31.1 Å². The second-order valence-corrected chi connectivity index (χ2v) is 6.03. The van der Waals surface area contributed by atoms with Crippen LogP contribution in [0.3, 0.4) is 0 Å². The third-order valence-electron chi connectivity index (χ3n) is 5.03. The number of fused-ring (bicyclic) bond motifs is 8. The molecule has 2 bridgehead atoms. The Bertz CT molecular complexity index is 818. The fraction of sp³-hybridized carbons (Fsp3) is 0.278. The van der Waals surface area contributed by atoms with E-state index in [1.807, 2.05) is 0 Å². The summed E-state index contributed by atoms with van der Waals surface area (Å²) < 4.78 is 0. The molecule has 1 aromatic heterocycles. The average Bonchev–Trinajstić information content (AvgIpc) is 3.07. The molecule has 1 fully saturated rings. The molecule has 2 atom stereocenters. The number of pyridine rings is 1. The lowest BCUT2D eigenvalue weighted by Crippen LogP contribution is -2.01. The first kappa shape index (κ1) is 9.96. The molecule has 0 N–H and O–H groups in total. The van der Waals surface area contributed by atoms with Crippen molar-refractivity contribution in [2.75, 3.05) is 0 Å². The van der Waals surface area contributed by atoms with Crippen LogP contribution in [0.1, 0.15) is 42.4 Å². The van der Waals surface area contributed by atoms with Gasteiger partial charge in [0.2, 0.25) is 0 Å². The zero-order valence-electron chi connectivity index (χ0n) is 10.8. The Morgan fingerprint density at radius 3 is 2.74 bits per heavy atom. The van der Waals surface area contributed by atoms with Crippen LogP contribution < -0.4 is 0 Å². The Hall–Kier alpha value is -1.89. The topological polar surface area (TPSA) is 12.9 Å². The first-order valence-electron chi connectivity index (χ1n) is 7.22. The summed E-state index contributed by atoms with van der Waals surface area (Å²) in [5.41, 5.74) is 4.14. The lowest BCUT2D eigenvalue weighted by Gasteiger charge is -2.15. The summed E-state index contributed by atoms with van der Waals surface area (Å²) in [5.74, 6) is 1.53. The predicted molar refractivity (Wildman–Crippen MR) is 78.6 cm³/mol. The Labute approximate surface area is 112 Å². The van der Waals surface area contributed by atoms with E-state index in [0.29, 0.717) is 0 Å². The highest BCUT2D eigenvalue weighted by Crippen LogP contribution is 2.52. The maximum absolute atomic E-state index is 5.07. The molecule has 92 valence electrons. The van der Waals surface area contributed by atoms with Crippen LogP contribution in [0.25, 0.3) is 21.7 Å². The van der Waals surface area contributed by atoms with Gasteiger partial charge in [-0.25, -0.2) is 0 Å². The van der Waals surface area contributed by atoms with Gasteiger partial charge in [-0.3, -0.25) is 4.98 Å². The molecule has 3 aromatic rings. The van der Waals surface area contributed by atoms with E-state index in [0.717, 1.165) is 11.8 Å². The van der Waals surface area contributed by atoms with Gasteiger partial charge in [0, 0.05) is 22.4 Å². The smallest absolute Gasteiger partial charge is 0.0783 e. The SMILES string of the molecule is c1ccc2c(c1)ccc1cc3c(nc12)C1CCC3C1. The molecule has 2 aromatic carbocycles. The molecule has 1 saturated carbocycles. The standard InChI is InChI=1S/C18H15N/c1-2-4-15-11(3-1)5-7-14-10-16-12-6-8-13(9-12)18(16)19-17(14)15/h1-5,7,10,12-13H,6,8-9H2. The molecule has 1 heteroatoms. The number of nitrogens with zero attached hydrogens (tertiary/aromatic N) is 1. The summed E-state index contributed by atoms with van der Waals surface area (Å²) >= 11 is 0. The minimum absolute atomic E-state index is 0.739. The van der Waals surface area contributed by atoms with Crippen LogP contribution in [0, 0.1) is 0 Å². The van der Waals surface area contributed by atoms with Crippen molar-refractivity contribution in [1.29, 1.82) is 0 Å². The lowest BCUT2D eigenvalue weighted by atomic mass is 9.94. The molecule has 2 aliphatic rings. The van der Waals surface area contributed by atoms with Gasteiger partial charge in [0.15, 0.2) is 0 Å². The summed E-state index contributed by atoms with van der Waals surface area (Å²) in [6.07, 6.45) is 4.07. The van der Waals surface area contributed by atoms with Crippen LogP contribution >= 0.6 is 0 Å². The molecule has 0 spiro atoms. The molecule has 5 rings (SSSR count). The fourth-order valence-electron chi connectivity index (χ4n) is 4.11. The number of hydrogen-bond acceptors (Lipinski definition) is 1. The Morgan fingerprint density at radius 2 is 1.74 bits per heavy atom. The lowest BCUT2D eigenvalue weighted by molar-refractivity contribution is 0.701. The molecule has 2 aliphatic carbocycles. The highest BCUT2D eigenvalue weighted by Gasteiger charge is 2.38. The van der Waals surface area contributed by atoms with E-state index in [1.54, 1.807) is 5.56 Å². The summed E-state index contributed by atoms with van der Waals surface area (Å²) in [6, 6.07) is 15.5. The van der Waals surface area contributed by atoms with Gasteiger partial charge in [0.05, 0.1) is 5.52 Å². The van der Waals surface area contributed by atoms with E-state index < -0.39 is 0 Å². The number of hydrogen-bond donors (Lipinski definition) is 0. The molecule has 1 nitrogen and oxygen atoms in total. The Morgan fingerprint density at radius 1 is 0.895 bits per heavy atom. The molecule has 2 unspecified atom stereocenters. The fourth-order valence-corrected chi connectivity index (χ4v) is 4.11. The summed E-state index contributed by atoms with van der Waals surface area (Å²) in [6.45, 7) is 0. The van der Waals surface area contributed by atoms with Crippen LogP contribution in [-0.2, 0) is 0 Å². The highest BCUT2D eigenvalue weighted by atomic mass is 14.7. The van der Waals surface area contributed by atoms with Crippen molar-refractivity contribution >= 4 is 21.7 Å². The first-order chi connectivity index (χ1) is 9.40.